The Hall–Kier alpha value is -2.91. The molecule has 0 aliphatic rings. The second-order valence-electron chi connectivity index (χ2n) is 6.63. The van der Waals surface area contributed by atoms with Crippen molar-refractivity contribution in [3.05, 3.63) is 107 Å². The molecule has 3 aromatic rings. The zero-order valence-electron chi connectivity index (χ0n) is 15.6. The van der Waals surface area contributed by atoms with Gasteiger partial charge in [-0.1, -0.05) is 84.9 Å². The summed E-state index contributed by atoms with van der Waals surface area (Å²) in [5.74, 6) is 0.00136. The van der Waals surface area contributed by atoms with Gasteiger partial charge in [-0.3, -0.25) is 4.79 Å². The van der Waals surface area contributed by atoms with Crippen LogP contribution >= 0.6 is 0 Å². The van der Waals surface area contributed by atoms with E-state index >= 15 is 0 Å². The van der Waals surface area contributed by atoms with Gasteiger partial charge in [0.1, 0.15) is 0 Å². The highest BCUT2D eigenvalue weighted by molar-refractivity contribution is 5.79. The summed E-state index contributed by atoms with van der Waals surface area (Å²) in [5, 5.41) is 3.13. The van der Waals surface area contributed by atoms with Crippen LogP contribution in [0.5, 0.6) is 0 Å². The first-order chi connectivity index (χ1) is 13.2. The molecule has 1 N–H and O–H groups in total. The summed E-state index contributed by atoms with van der Waals surface area (Å²) in [4.78, 5) is 12.6. The fourth-order valence-electron chi connectivity index (χ4n) is 3.00. The van der Waals surface area contributed by atoms with Gasteiger partial charge in [-0.15, -0.1) is 0 Å². The highest BCUT2D eigenvalue weighted by Crippen LogP contribution is 2.15. The summed E-state index contributed by atoms with van der Waals surface area (Å²) >= 11 is 0. The van der Waals surface area contributed by atoms with Crippen molar-refractivity contribution in [2.75, 3.05) is 6.61 Å². The Morgan fingerprint density at radius 1 is 0.889 bits per heavy atom. The van der Waals surface area contributed by atoms with Gasteiger partial charge in [-0.05, 0) is 29.2 Å². The molecule has 138 valence electrons. The van der Waals surface area contributed by atoms with Crippen molar-refractivity contribution in [3.63, 3.8) is 0 Å². The highest BCUT2D eigenvalue weighted by Gasteiger charge is 2.15. The van der Waals surface area contributed by atoms with Crippen LogP contribution in [0, 0.1) is 6.92 Å². The van der Waals surface area contributed by atoms with Crippen molar-refractivity contribution in [1.29, 1.82) is 0 Å². The molecule has 27 heavy (non-hydrogen) atoms. The molecule has 3 aromatic carbocycles. The van der Waals surface area contributed by atoms with Crippen LogP contribution in [0.4, 0.5) is 0 Å². The average molecular weight is 359 g/mol. The number of ether oxygens (including phenoxy) is 1. The van der Waals surface area contributed by atoms with E-state index in [1.807, 2.05) is 91.9 Å². The van der Waals surface area contributed by atoms with Gasteiger partial charge in [-0.2, -0.15) is 0 Å². The van der Waals surface area contributed by atoms with Crippen LogP contribution in [-0.4, -0.2) is 12.5 Å². The number of carbonyl (C=O) groups excluding carboxylic acids is 1. The van der Waals surface area contributed by atoms with Crippen LogP contribution < -0.4 is 5.32 Å². The number of carbonyl (C=O) groups is 1. The molecule has 0 radical (unpaired) electrons. The summed E-state index contributed by atoms with van der Waals surface area (Å²) < 4.78 is 5.90. The van der Waals surface area contributed by atoms with E-state index in [1.165, 1.54) is 0 Å². The third-order valence-electron chi connectivity index (χ3n) is 4.55. The topological polar surface area (TPSA) is 38.3 Å². The summed E-state index contributed by atoms with van der Waals surface area (Å²) in [6.45, 7) is 2.98. The van der Waals surface area contributed by atoms with Crippen LogP contribution in [-0.2, 0) is 22.6 Å². The normalized spacial score (nSPS) is 11.7. The van der Waals surface area contributed by atoms with Crippen LogP contribution in [0.25, 0.3) is 0 Å². The van der Waals surface area contributed by atoms with Gasteiger partial charge < -0.3 is 10.1 Å². The molecule has 3 nitrogen and oxygen atoms in total. The van der Waals surface area contributed by atoms with Gasteiger partial charge >= 0.3 is 0 Å². The van der Waals surface area contributed by atoms with Gasteiger partial charge in [0.25, 0.3) is 0 Å². The average Bonchev–Trinajstić information content (AvgIpc) is 2.70. The molecule has 1 atom stereocenters. The summed E-state index contributed by atoms with van der Waals surface area (Å²) in [5.41, 5.74) is 4.34. The molecule has 0 heterocycles. The Balaban J connectivity index is 1.63. The number of rotatable bonds is 8. The molecular weight excluding hydrogens is 334 g/mol. The maximum atomic E-state index is 12.6. The second-order valence-corrected chi connectivity index (χ2v) is 6.63. The van der Waals surface area contributed by atoms with E-state index in [-0.39, 0.29) is 11.9 Å². The molecular formula is C24H25NO2. The fraction of sp³-hybridized carbons (Fsp3) is 0.208. The standard InChI is InChI=1S/C24H25NO2/c1-19-10-8-9-15-22(19)16-24(26)25-23(21-13-6-3-7-14-21)18-27-17-20-11-4-2-5-12-20/h2-15,23H,16-18H2,1H3,(H,25,26). The lowest BCUT2D eigenvalue weighted by molar-refractivity contribution is -0.121. The van der Waals surface area contributed by atoms with Gasteiger partial charge in [-0.25, -0.2) is 0 Å². The summed E-state index contributed by atoms with van der Waals surface area (Å²) in [6.07, 6.45) is 0.370. The minimum absolute atomic E-state index is 0.00136. The zero-order chi connectivity index (χ0) is 18.9. The molecule has 0 saturated heterocycles. The van der Waals surface area contributed by atoms with Crippen molar-refractivity contribution >= 4 is 5.91 Å². The third-order valence-corrected chi connectivity index (χ3v) is 4.55. The lowest BCUT2D eigenvalue weighted by Crippen LogP contribution is -2.32. The molecule has 0 aromatic heterocycles. The van der Waals surface area contributed by atoms with Crippen molar-refractivity contribution in [2.45, 2.75) is 26.0 Å². The highest BCUT2D eigenvalue weighted by atomic mass is 16.5. The fourth-order valence-corrected chi connectivity index (χ4v) is 3.00. The SMILES string of the molecule is Cc1ccccc1CC(=O)NC(COCc1ccccc1)c1ccccc1. The Labute approximate surface area is 161 Å². The molecule has 0 saturated carbocycles. The first kappa shape index (κ1) is 18.9. The first-order valence-corrected chi connectivity index (χ1v) is 9.23. The van der Waals surface area contributed by atoms with Gasteiger partial charge in [0.05, 0.1) is 25.7 Å². The van der Waals surface area contributed by atoms with E-state index in [0.29, 0.717) is 19.6 Å². The van der Waals surface area contributed by atoms with Gasteiger partial charge in [0, 0.05) is 0 Å². The van der Waals surface area contributed by atoms with Crippen LogP contribution in [0.1, 0.15) is 28.3 Å². The van der Waals surface area contributed by atoms with Crippen molar-refractivity contribution in [1.82, 2.24) is 5.32 Å². The van der Waals surface area contributed by atoms with Crippen molar-refractivity contribution in [2.24, 2.45) is 0 Å². The quantitative estimate of drug-likeness (QED) is 0.638. The van der Waals surface area contributed by atoms with E-state index in [0.717, 1.165) is 22.3 Å². The minimum atomic E-state index is -0.175. The molecule has 1 amide bonds. The van der Waals surface area contributed by atoms with Gasteiger partial charge in [0.15, 0.2) is 0 Å². The maximum Gasteiger partial charge on any atom is 0.224 e. The molecule has 0 fully saturated rings. The van der Waals surface area contributed by atoms with Crippen LogP contribution in [0.3, 0.4) is 0 Å². The Kier molecular flexibility index (Phi) is 6.78. The minimum Gasteiger partial charge on any atom is -0.374 e. The number of amides is 1. The lowest BCUT2D eigenvalue weighted by atomic mass is 10.0. The first-order valence-electron chi connectivity index (χ1n) is 9.23. The molecule has 3 rings (SSSR count). The molecule has 0 aliphatic carbocycles. The lowest BCUT2D eigenvalue weighted by Gasteiger charge is -2.20. The molecule has 0 spiro atoms. The van der Waals surface area contributed by atoms with Crippen molar-refractivity contribution in [3.8, 4) is 0 Å². The van der Waals surface area contributed by atoms with E-state index in [9.17, 15) is 4.79 Å². The third kappa shape index (κ3) is 5.80. The smallest absolute Gasteiger partial charge is 0.224 e. The number of hydrogen-bond donors (Lipinski definition) is 1. The summed E-state index contributed by atoms with van der Waals surface area (Å²) in [7, 11) is 0. The van der Waals surface area contributed by atoms with Crippen LogP contribution in [0.2, 0.25) is 0 Å². The Morgan fingerprint density at radius 3 is 2.22 bits per heavy atom. The van der Waals surface area contributed by atoms with E-state index in [2.05, 4.69) is 5.32 Å². The number of benzene rings is 3. The van der Waals surface area contributed by atoms with Crippen molar-refractivity contribution < 1.29 is 9.53 Å². The number of nitrogens with one attached hydrogen (secondary N) is 1. The van der Waals surface area contributed by atoms with Gasteiger partial charge in [0.2, 0.25) is 5.91 Å². The number of hydrogen-bond acceptors (Lipinski definition) is 2. The maximum absolute atomic E-state index is 12.6. The largest absolute Gasteiger partial charge is 0.374 e. The Morgan fingerprint density at radius 2 is 1.52 bits per heavy atom. The van der Waals surface area contributed by atoms with E-state index in [4.69, 9.17) is 4.74 Å². The molecule has 1 unspecified atom stereocenters. The second kappa shape index (κ2) is 9.70. The summed E-state index contributed by atoms with van der Waals surface area (Å²) in [6, 6.07) is 27.8. The molecule has 0 aliphatic heterocycles. The Bertz CT molecular complexity index is 847. The zero-order valence-corrected chi connectivity index (χ0v) is 15.6. The predicted octanol–water partition coefficient (Wildman–Crippen LogP) is 4.61. The van der Waals surface area contributed by atoms with E-state index in [1.54, 1.807) is 0 Å². The van der Waals surface area contributed by atoms with Crippen LogP contribution in [0.15, 0.2) is 84.9 Å². The number of aryl methyl sites for hydroxylation is 1. The molecule has 3 heteroatoms. The predicted molar refractivity (Wildman–Crippen MR) is 108 cm³/mol. The monoisotopic (exact) mass is 359 g/mol. The molecule has 0 bridgehead atoms. The van der Waals surface area contributed by atoms with E-state index < -0.39 is 0 Å².